The maximum atomic E-state index is 11.5. The highest BCUT2D eigenvalue weighted by atomic mass is 35.5. The smallest absolute Gasteiger partial charge is 0.222 e. The zero-order chi connectivity index (χ0) is 14.5. The number of carbonyl (C=O) groups excluding carboxylic acids is 1. The Morgan fingerprint density at radius 3 is 2.70 bits per heavy atom. The van der Waals surface area contributed by atoms with E-state index in [2.05, 4.69) is 10.3 Å². The fourth-order valence-corrected chi connectivity index (χ4v) is 2.62. The molecular weight excluding hydrogens is 292 g/mol. The first-order valence-corrected chi connectivity index (χ1v) is 7.76. The lowest BCUT2D eigenvalue weighted by atomic mass is 10.2. The first-order valence-electron chi connectivity index (χ1n) is 6.50. The van der Waals surface area contributed by atoms with Crippen LogP contribution >= 0.6 is 22.9 Å². The minimum absolute atomic E-state index is 0.00201. The molecular formula is C15H17ClN2OS. The fraction of sp³-hybridized carbons (Fsp3) is 0.333. The van der Waals surface area contributed by atoms with E-state index in [1.54, 1.807) is 11.3 Å². The van der Waals surface area contributed by atoms with Crippen molar-refractivity contribution in [2.24, 2.45) is 5.92 Å². The number of halogens is 1. The molecule has 0 aliphatic rings. The van der Waals surface area contributed by atoms with Gasteiger partial charge >= 0.3 is 0 Å². The second-order valence-corrected chi connectivity index (χ2v) is 6.29. The van der Waals surface area contributed by atoms with Gasteiger partial charge in [0.2, 0.25) is 5.91 Å². The minimum Gasteiger partial charge on any atom is -0.350 e. The first-order chi connectivity index (χ1) is 9.54. The van der Waals surface area contributed by atoms with E-state index in [9.17, 15) is 4.79 Å². The van der Waals surface area contributed by atoms with Crippen LogP contribution in [0.1, 0.15) is 30.1 Å². The number of rotatable bonds is 5. The predicted molar refractivity (Wildman–Crippen MR) is 83.1 cm³/mol. The number of carbonyl (C=O) groups is 1. The Morgan fingerprint density at radius 2 is 2.05 bits per heavy atom. The Bertz CT molecular complexity index is 578. The number of nitrogens with one attached hydrogen (secondary N) is 1. The third-order valence-electron chi connectivity index (χ3n) is 2.84. The summed E-state index contributed by atoms with van der Waals surface area (Å²) in [6, 6.07) is 7.77. The van der Waals surface area contributed by atoms with Crippen molar-refractivity contribution in [3.8, 4) is 0 Å². The van der Waals surface area contributed by atoms with Crippen LogP contribution in [0.2, 0.25) is 5.02 Å². The molecule has 0 saturated heterocycles. The molecule has 0 spiro atoms. The Morgan fingerprint density at radius 1 is 1.35 bits per heavy atom. The Hall–Kier alpha value is -1.39. The fourth-order valence-electron chi connectivity index (χ4n) is 1.67. The highest BCUT2D eigenvalue weighted by Crippen LogP contribution is 2.17. The lowest BCUT2D eigenvalue weighted by molar-refractivity contribution is -0.124. The monoisotopic (exact) mass is 308 g/mol. The van der Waals surface area contributed by atoms with Gasteiger partial charge in [0.1, 0.15) is 0 Å². The largest absolute Gasteiger partial charge is 0.350 e. The molecule has 0 aliphatic heterocycles. The second-order valence-electron chi connectivity index (χ2n) is 4.91. The van der Waals surface area contributed by atoms with Crippen molar-refractivity contribution in [1.82, 2.24) is 10.3 Å². The van der Waals surface area contributed by atoms with Crippen LogP contribution in [0.4, 0.5) is 0 Å². The average molecular weight is 309 g/mol. The molecule has 1 N–H and O–H groups in total. The maximum absolute atomic E-state index is 11.5. The SMILES string of the molecule is CC(C)C(=O)NCc1csc(Cc2ccc(Cl)cc2)n1. The van der Waals surface area contributed by atoms with Crippen molar-refractivity contribution < 1.29 is 4.79 Å². The standard InChI is InChI=1S/C15H17ClN2OS/c1-10(2)15(19)17-8-13-9-20-14(18-13)7-11-3-5-12(16)6-4-11/h3-6,9-10H,7-8H2,1-2H3,(H,17,19). The van der Waals surface area contributed by atoms with Gasteiger partial charge in [0.15, 0.2) is 0 Å². The number of aromatic nitrogens is 1. The molecule has 20 heavy (non-hydrogen) atoms. The maximum Gasteiger partial charge on any atom is 0.222 e. The van der Waals surface area contributed by atoms with Crippen LogP contribution in [0.5, 0.6) is 0 Å². The van der Waals surface area contributed by atoms with E-state index in [4.69, 9.17) is 11.6 Å². The average Bonchev–Trinajstić information content (AvgIpc) is 2.86. The number of benzene rings is 1. The molecule has 1 amide bonds. The summed E-state index contributed by atoms with van der Waals surface area (Å²) in [7, 11) is 0. The van der Waals surface area contributed by atoms with Crippen LogP contribution < -0.4 is 5.32 Å². The van der Waals surface area contributed by atoms with Crippen LogP contribution in [0, 0.1) is 5.92 Å². The molecule has 1 aromatic heterocycles. The molecule has 2 rings (SSSR count). The van der Waals surface area contributed by atoms with Crippen LogP contribution in [-0.2, 0) is 17.8 Å². The summed E-state index contributed by atoms with van der Waals surface area (Å²) >= 11 is 7.48. The van der Waals surface area contributed by atoms with Crippen molar-refractivity contribution in [3.05, 3.63) is 50.9 Å². The van der Waals surface area contributed by atoms with Gasteiger partial charge in [0.25, 0.3) is 0 Å². The van der Waals surface area contributed by atoms with Crippen LogP contribution in [0.25, 0.3) is 0 Å². The van der Waals surface area contributed by atoms with Gasteiger partial charge in [-0.3, -0.25) is 4.79 Å². The van der Waals surface area contributed by atoms with Crippen molar-refractivity contribution in [3.63, 3.8) is 0 Å². The molecule has 0 unspecified atom stereocenters. The topological polar surface area (TPSA) is 42.0 Å². The van der Waals surface area contributed by atoms with Crippen molar-refractivity contribution in [2.75, 3.05) is 0 Å². The normalized spacial score (nSPS) is 10.8. The molecule has 0 saturated carbocycles. The molecule has 0 aliphatic carbocycles. The van der Waals surface area contributed by atoms with Crippen molar-refractivity contribution >= 4 is 28.8 Å². The molecule has 3 nitrogen and oxygen atoms in total. The molecule has 1 heterocycles. The Labute approximate surface area is 128 Å². The van der Waals surface area contributed by atoms with Crippen molar-refractivity contribution in [2.45, 2.75) is 26.8 Å². The summed E-state index contributed by atoms with van der Waals surface area (Å²) in [5.74, 6) is 0.0550. The van der Waals surface area contributed by atoms with Crippen LogP contribution in [0.3, 0.4) is 0 Å². The van der Waals surface area contributed by atoms with Gasteiger partial charge in [-0.25, -0.2) is 4.98 Å². The number of hydrogen-bond donors (Lipinski definition) is 1. The lowest BCUT2D eigenvalue weighted by Crippen LogP contribution is -2.27. The molecule has 1 aromatic carbocycles. The van der Waals surface area contributed by atoms with Gasteiger partial charge in [-0.2, -0.15) is 0 Å². The summed E-state index contributed by atoms with van der Waals surface area (Å²) in [6.07, 6.45) is 0.792. The highest BCUT2D eigenvalue weighted by Gasteiger charge is 2.08. The zero-order valence-corrected chi connectivity index (χ0v) is 13.1. The molecule has 0 atom stereocenters. The first kappa shape index (κ1) is 15.0. The second kappa shape index (κ2) is 6.86. The van der Waals surface area contributed by atoms with Crippen LogP contribution in [-0.4, -0.2) is 10.9 Å². The Balaban J connectivity index is 1.92. The summed E-state index contributed by atoms with van der Waals surface area (Å²) in [4.78, 5) is 16.0. The predicted octanol–water partition coefficient (Wildman–Crippen LogP) is 3.66. The van der Waals surface area contributed by atoms with E-state index in [0.717, 1.165) is 22.1 Å². The number of amides is 1. The molecule has 106 valence electrons. The van der Waals surface area contributed by atoms with E-state index in [1.165, 1.54) is 5.56 Å². The molecule has 5 heteroatoms. The summed E-state index contributed by atoms with van der Waals surface area (Å²) in [5.41, 5.74) is 2.09. The number of hydrogen-bond acceptors (Lipinski definition) is 3. The van der Waals surface area contributed by atoms with Gasteiger partial charge < -0.3 is 5.32 Å². The lowest BCUT2D eigenvalue weighted by Gasteiger charge is -2.05. The van der Waals surface area contributed by atoms with E-state index in [1.807, 2.05) is 43.5 Å². The summed E-state index contributed by atoms with van der Waals surface area (Å²) in [6.45, 7) is 4.25. The molecule has 0 fully saturated rings. The third-order valence-corrected chi connectivity index (χ3v) is 3.99. The van der Waals surface area contributed by atoms with E-state index < -0.39 is 0 Å². The molecule has 0 bridgehead atoms. The highest BCUT2D eigenvalue weighted by molar-refractivity contribution is 7.09. The van der Waals surface area contributed by atoms with Gasteiger partial charge in [0, 0.05) is 22.7 Å². The molecule has 2 aromatic rings. The van der Waals surface area contributed by atoms with Crippen LogP contribution in [0.15, 0.2) is 29.6 Å². The van der Waals surface area contributed by atoms with Crippen molar-refractivity contribution in [1.29, 1.82) is 0 Å². The molecule has 0 radical (unpaired) electrons. The Kier molecular flexibility index (Phi) is 5.15. The van der Waals surface area contributed by atoms with Gasteiger partial charge in [0.05, 0.1) is 17.2 Å². The van der Waals surface area contributed by atoms with E-state index >= 15 is 0 Å². The quantitative estimate of drug-likeness (QED) is 0.916. The van der Waals surface area contributed by atoms with E-state index in [-0.39, 0.29) is 11.8 Å². The van der Waals surface area contributed by atoms with Gasteiger partial charge in [-0.05, 0) is 17.7 Å². The zero-order valence-electron chi connectivity index (χ0n) is 11.5. The minimum atomic E-state index is 0.00201. The third kappa shape index (κ3) is 4.32. The van der Waals surface area contributed by atoms with Gasteiger partial charge in [-0.15, -0.1) is 11.3 Å². The van der Waals surface area contributed by atoms with Gasteiger partial charge in [-0.1, -0.05) is 37.6 Å². The van der Waals surface area contributed by atoms with E-state index in [0.29, 0.717) is 6.54 Å². The summed E-state index contributed by atoms with van der Waals surface area (Å²) < 4.78 is 0. The summed E-state index contributed by atoms with van der Waals surface area (Å²) in [5, 5.41) is 6.65. The number of thiazole rings is 1. The number of nitrogens with zero attached hydrogens (tertiary/aromatic N) is 1.